The highest BCUT2D eigenvalue weighted by molar-refractivity contribution is 7.18. The highest BCUT2D eigenvalue weighted by atomic mass is 32.1. The SMILES string of the molecule is NC1CCN(C(=O)CCCc2nc3ccccc3s2)CC1. The van der Waals surface area contributed by atoms with Gasteiger partial charge in [-0.25, -0.2) is 4.98 Å². The Balaban J connectivity index is 1.48. The van der Waals surface area contributed by atoms with E-state index in [1.54, 1.807) is 11.3 Å². The van der Waals surface area contributed by atoms with Crippen LogP contribution >= 0.6 is 11.3 Å². The number of aryl methyl sites for hydroxylation is 1. The number of fused-ring (bicyclic) bond motifs is 1. The molecule has 2 aromatic rings. The van der Waals surface area contributed by atoms with Crippen molar-refractivity contribution >= 4 is 27.5 Å². The normalized spacial score (nSPS) is 16.5. The first-order valence-electron chi connectivity index (χ1n) is 7.60. The van der Waals surface area contributed by atoms with Gasteiger partial charge in [-0.3, -0.25) is 4.79 Å². The summed E-state index contributed by atoms with van der Waals surface area (Å²) in [4.78, 5) is 18.7. The number of carbonyl (C=O) groups is 1. The van der Waals surface area contributed by atoms with E-state index < -0.39 is 0 Å². The lowest BCUT2D eigenvalue weighted by molar-refractivity contribution is -0.132. The molecule has 21 heavy (non-hydrogen) atoms. The second-order valence-corrected chi connectivity index (χ2v) is 6.76. The maximum Gasteiger partial charge on any atom is 0.222 e. The van der Waals surface area contributed by atoms with Gasteiger partial charge in [0.1, 0.15) is 0 Å². The zero-order valence-electron chi connectivity index (χ0n) is 12.1. The molecular weight excluding hydrogens is 282 g/mol. The van der Waals surface area contributed by atoms with Gasteiger partial charge in [0.05, 0.1) is 15.2 Å². The van der Waals surface area contributed by atoms with Crippen LogP contribution in [0.4, 0.5) is 0 Å². The lowest BCUT2D eigenvalue weighted by atomic mass is 10.1. The molecule has 2 N–H and O–H groups in total. The molecule has 1 saturated heterocycles. The zero-order chi connectivity index (χ0) is 14.7. The Hall–Kier alpha value is -1.46. The van der Waals surface area contributed by atoms with E-state index in [-0.39, 0.29) is 11.9 Å². The number of benzene rings is 1. The van der Waals surface area contributed by atoms with Crippen molar-refractivity contribution in [2.75, 3.05) is 13.1 Å². The number of aromatic nitrogens is 1. The summed E-state index contributed by atoms with van der Waals surface area (Å²) in [6, 6.07) is 8.46. The van der Waals surface area contributed by atoms with E-state index >= 15 is 0 Å². The highest BCUT2D eigenvalue weighted by Gasteiger charge is 2.20. The lowest BCUT2D eigenvalue weighted by Crippen LogP contribution is -2.42. The minimum atomic E-state index is 0.267. The van der Waals surface area contributed by atoms with Gasteiger partial charge in [0.15, 0.2) is 0 Å². The van der Waals surface area contributed by atoms with E-state index in [1.165, 1.54) is 4.70 Å². The van der Waals surface area contributed by atoms with Crippen LogP contribution in [0, 0.1) is 0 Å². The van der Waals surface area contributed by atoms with Crippen molar-refractivity contribution in [1.82, 2.24) is 9.88 Å². The van der Waals surface area contributed by atoms with Crippen LogP contribution in [0.3, 0.4) is 0 Å². The molecule has 4 nitrogen and oxygen atoms in total. The number of thiazole rings is 1. The summed E-state index contributed by atoms with van der Waals surface area (Å²) in [5, 5.41) is 1.13. The van der Waals surface area contributed by atoms with Crippen LogP contribution < -0.4 is 5.73 Å². The van der Waals surface area contributed by atoms with Crippen LogP contribution in [0.15, 0.2) is 24.3 Å². The van der Waals surface area contributed by atoms with Gasteiger partial charge in [-0.05, 0) is 37.8 Å². The Bertz CT molecular complexity index is 584. The molecule has 0 saturated carbocycles. The fraction of sp³-hybridized carbons (Fsp3) is 0.500. The smallest absolute Gasteiger partial charge is 0.222 e. The van der Waals surface area contributed by atoms with Crippen molar-refractivity contribution in [2.24, 2.45) is 5.73 Å². The molecule has 112 valence electrons. The monoisotopic (exact) mass is 303 g/mol. The van der Waals surface area contributed by atoms with Crippen LogP contribution in [-0.2, 0) is 11.2 Å². The van der Waals surface area contributed by atoms with Crippen LogP contribution in [0.5, 0.6) is 0 Å². The van der Waals surface area contributed by atoms with Crippen LogP contribution in [0.2, 0.25) is 0 Å². The molecule has 0 atom stereocenters. The van der Waals surface area contributed by atoms with Gasteiger partial charge in [0, 0.05) is 25.6 Å². The number of piperidine rings is 1. The average molecular weight is 303 g/mol. The Kier molecular flexibility index (Phi) is 4.51. The van der Waals surface area contributed by atoms with E-state index in [4.69, 9.17) is 5.73 Å². The summed E-state index contributed by atoms with van der Waals surface area (Å²) in [7, 11) is 0. The van der Waals surface area contributed by atoms with Gasteiger partial charge >= 0.3 is 0 Å². The van der Waals surface area contributed by atoms with Crippen molar-refractivity contribution in [3.63, 3.8) is 0 Å². The molecule has 2 heterocycles. The van der Waals surface area contributed by atoms with Gasteiger partial charge in [-0.15, -0.1) is 11.3 Å². The van der Waals surface area contributed by atoms with E-state index in [0.29, 0.717) is 6.42 Å². The zero-order valence-corrected chi connectivity index (χ0v) is 12.9. The summed E-state index contributed by atoms with van der Waals surface area (Å²) in [6.07, 6.45) is 4.25. The standard InChI is InChI=1S/C16H21N3OS/c17-12-8-10-19(11-9-12)16(20)7-3-6-15-18-13-4-1-2-5-14(13)21-15/h1-2,4-5,12H,3,6-11,17H2. The number of rotatable bonds is 4. The third kappa shape index (κ3) is 3.60. The quantitative estimate of drug-likeness (QED) is 0.944. The Labute approximate surface area is 129 Å². The number of carbonyl (C=O) groups excluding carboxylic acids is 1. The molecule has 3 rings (SSSR count). The van der Waals surface area contributed by atoms with Crippen molar-refractivity contribution in [3.8, 4) is 0 Å². The predicted octanol–water partition coefficient (Wildman–Crippen LogP) is 2.57. The van der Waals surface area contributed by atoms with Gasteiger partial charge < -0.3 is 10.6 Å². The number of hydrogen-bond donors (Lipinski definition) is 1. The maximum absolute atomic E-state index is 12.1. The molecule has 1 amide bonds. The highest BCUT2D eigenvalue weighted by Crippen LogP contribution is 2.23. The van der Waals surface area contributed by atoms with E-state index in [1.807, 2.05) is 23.1 Å². The minimum Gasteiger partial charge on any atom is -0.343 e. The molecule has 1 aromatic carbocycles. The molecule has 0 aliphatic carbocycles. The van der Waals surface area contributed by atoms with Gasteiger partial charge in [-0.2, -0.15) is 0 Å². The Morgan fingerprint density at radius 2 is 2.10 bits per heavy atom. The topological polar surface area (TPSA) is 59.2 Å². The van der Waals surface area contributed by atoms with Gasteiger partial charge in [0.2, 0.25) is 5.91 Å². The molecule has 0 unspecified atom stereocenters. The summed E-state index contributed by atoms with van der Waals surface area (Å²) in [5.41, 5.74) is 6.93. The second-order valence-electron chi connectivity index (χ2n) is 5.65. The van der Waals surface area contributed by atoms with E-state index in [0.717, 1.165) is 49.3 Å². The summed E-state index contributed by atoms with van der Waals surface area (Å²) >= 11 is 1.73. The first kappa shape index (κ1) is 14.5. The van der Waals surface area contributed by atoms with Crippen molar-refractivity contribution in [1.29, 1.82) is 0 Å². The third-order valence-corrected chi connectivity index (χ3v) is 5.11. The van der Waals surface area contributed by atoms with Crippen molar-refractivity contribution < 1.29 is 4.79 Å². The molecule has 5 heteroatoms. The number of nitrogens with two attached hydrogens (primary N) is 1. The van der Waals surface area contributed by atoms with Gasteiger partial charge in [-0.1, -0.05) is 12.1 Å². The molecule has 0 bridgehead atoms. The first-order valence-corrected chi connectivity index (χ1v) is 8.42. The van der Waals surface area contributed by atoms with Crippen molar-refractivity contribution in [3.05, 3.63) is 29.3 Å². The minimum absolute atomic E-state index is 0.267. The molecule has 1 aliphatic rings. The molecule has 1 aliphatic heterocycles. The van der Waals surface area contributed by atoms with Crippen LogP contribution in [-0.4, -0.2) is 34.9 Å². The third-order valence-electron chi connectivity index (χ3n) is 4.01. The summed E-state index contributed by atoms with van der Waals surface area (Å²) < 4.78 is 1.23. The van der Waals surface area contributed by atoms with E-state index in [2.05, 4.69) is 11.1 Å². The molecule has 0 spiro atoms. The summed E-state index contributed by atoms with van der Waals surface area (Å²) in [5.74, 6) is 0.267. The van der Waals surface area contributed by atoms with Crippen LogP contribution in [0.1, 0.15) is 30.7 Å². The lowest BCUT2D eigenvalue weighted by Gasteiger charge is -2.30. The van der Waals surface area contributed by atoms with Crippen molar-refractivity contribution in [2.45, 2.75) is 38.1 Å². The first-order chi connectivity index (χ1) is 10.2. The number of para-hydroxylation sites is 1. The number of hydrogen-bond acceptors (Lipinski definition) is 4. The summed E-state index contributed by atoms with van der Waals surface area (Å²) in [6.45, 7) is 1.64. The van der Waals surface area contributed by atoms with Gasteiger partial charge in [0.25, 0.3) is 0 Å². The molecule has 1 aromatic heterocycles. The molecule has 1 fully saturated rings. The number of amides is 1. The van der Waals surface area contributed by atoms with E-state index in [9.17, 15) is 4.79 Å². The molecule has 0 radical (unpaired) electrons. The predicted molar refractivity (Wildman–Crippen MR) is 86.3 cm³/mol. The Morgan fingerprint density at radius 1 is 1.33 bits per heavy atom. The fourth-order valence-electron chi connectivity index (χ4n) is 2.72. The van der Waals surface area contributed by atoms with Crippen LogP contribution in [0.25, 0.3) is 10.2 Å². The molecular formula is C16H21N3OS. The second kappa shape index (κ2) is 6.54. The average Bonchev–Trinajstić information content (AvgIpc) is 2.90. The Morgan fingerprint density at radius 3 is 2.86 bits per heavy atom. The largest absolute Gasteiger partial charge is 0.343 e. The number of likely N-dealkylation sites (tertiary alicyclic amines) is 1. The maximum atomic E-state index is 12.1. The number of nitrogens with zero attached hydrogens (tertiary/aromatic N) is 2. The fourth-order valence-corrected chi connectivity index (χ4v) is 3.73.